The molecule has 3 aromatic rings. The Balaban J connectivity index is 1.49. The third-order valence-electron chi connectivity index (χ3n) is 5.81. The summed E-state index contributed by atoms with van der Waals surface area (Å²) < 4.78 is 31.7. The van der Waals surface area contributed by atoms with Crippen molar-refractivity contribution in [3.8, 4) is 11.5 Å². The highest BCUT2D eigenvalue weighted by Crippen LogP contribution is 2.37. The Hall–Kier alpha value is -3.33. The lowest BCUT2D eigenvalue weighted by atomic mass is 9.93. The molecule has 1 aliphatic carbocycles. The minimum absolute atomic E-state index is 0.0146. The number of nitrogens with zero attached hydrogens (tertiary/aromatic N) is 2. The number of halogens is 2. The Labute approximate surface area is 214 Å². The van der Waals surface area contributed by atoms with Crippen molar-refractivity contribution >= 4 is 40.1 Å². The molecule has 1 amide bonds. The van der Waals surface area contributed by atoms with Crippen molar-refractivity contribution in [3.05, 3.63) is 47.5 Å². The molecular formula is C26H30ClFN4O4. The molecule has 4 rings (SSSR count). The van der Waals surface area contributed by atoms with Gasteiger partial charge in [0.1, 0.15) is 17.7 Å². The van der Waals surface area contributed by atoms with Gasteiger partial charge in [0, 0.05) is 17.5 Å². The second-order valence-electron chi connectivity index (χ2n) is 9.71. The molecule has 1 aromatic heterocycles. The second-order valence-corrected chi connectivity index (χ2v) is 10.1. The van der Waals surface area contributed by atoms with E-state index in [2.05, 4.69) is 20.6 Å². The summed E-state index contributed by atoms with van der Waals surface area (Å²) in [6.45, 7) is 5.52. The summed E-state index contributed by atoms with van der Waals surface area (Å²) in [6, 6.07) is 8.32. The molecular weight excluding hydrogens is 487 g/mol. The lowest BCUT2D eigenvalue weighted by Gasteiger charge is -2.30. The topological polar surface area (TPSA) is 94.6 Å². The van der Waals surface area contributed by atoms with Crippen LogP contribution >= 0.6 is 11.6 Å². The molecule has 10 heteroatoms. The Morgan fingerprint density at radius 1 is 1.11 bits per heavy atom. The number of aromatic nitrogens is 2. The van der Waals surface area contributed by atoms with E-state index < -0.39 is 17.5 Å². The number of rotatable bonds is 6. The summed E-state index contributed by atoms with van der Waals surface area (Å²) in [5, 5.41) is 6.61. The number of hydrogen-bond acceptors (Lipinski definition) is 7. The van der Waals surface area contributed by atoms with Crippen LogP contribution in [0.25, 0.3) is 10.9 Å². The van der Waals surface area contributed by atoms with Crippen molar-refractivity contribution in [2.75, 3.05) is 12.4 Å². The predicted octanol–water partition coefficient (Wildman–Crippen LogP) is 6.39. The van der Waals surface area contributed by atoms with Crippen LogP contribution in [-0.2, 0) is 4.74 Å². The van der Waals surface area contributed by atoms with Crippen molar-refractivity contribution in [2.45, 2.75) is 64.2 Å². The molecule has 0 saturated heterocycles. The van der Waals surface area contributed by atoms with E-state index in [-0.39, 0.29) is 22.9 Å². The van der Waals surface area contributed by atoms with E-state index in [9.17, 15) is 9.18 Å². The van der Waals surface area contributed by atoms with E-state index in [0.717, 1.165) is 25.7 Å². The highest BCUT2D eigenvalue weighted by atomic mass is 35.5. The first-order chi connectivity index (χ1) is 17.1. The number of fused-ring (bicyclic) bond motifs is 1. The second kappa shape index (κ2) is 10.7. The molecule has 0 aliphatic heterocycles. The van der Waals surface area contributed by atoms with Crippen LogP contribution in [0, 0.1) is 5.82 Å². The SMILES string of the molecule is COc1cc2ncnc(Nc3cccc(Cl)c3F)c2cc1O[C@H]1CC[C@H](NC(=O)OC(C)(C)C)CC1. The number of amides is 1. The molecule has 0 bridgehead atoms. The Bertz CT molecular complexity index is 1240. The zero-order valence-electron chi connectivity index (χ0n) is 20.7. The average Bonchev–Trinajstić information content (AvgIpc) is 2.82. The van der Waals surface area contributed by atoms with E-state index in [4.69, 9.17) is 25.8 Å². The Morgan fingerprint density at radius 2 is 1.86 bits per heavy atom. The van der Waals surface area contributed by atoms with Gasteiger partial charge in [0.25, 0.3) is 0 Å². The summed E-state index contributed by atoms with van der Waals surface area (Å²) >= 11 is 5.92. The largest absolute Gasteiger partial charge is 0.493 e. The monoisotopic (exact) mass is 516 g/mol. The van der Waals surface area contributed by atoms with Crippen molar-refractivity contribution in [1.29, 1.82) is 0 Å². The molecule has 0 unspecified atom stereocenters. The summed E-state index contributed by atoms with van der Waals surface area (Å²) in [4.78, 5) is 20.7. The van der Waals surface area contributed by atoms with E-state index in [1.807, 2.05) is 20.8 Å². The third-order valence-corrected chi connectivity index (χ3v) is 6.11. The van der Waals surface area contributed by atoms with Gasteiger partial charge >= 0.3 is 6.09 Å². The lowest BCUT2D eigenvalue weighted by molar-refractivity contribution is 0.0470. The minimum atomic E-state index is -0.562. The first-order valence-electron chi connectivity index (χ1n) is 11.8. The zero-order chi connectivity index (χ0) is 25.9. The summed E-state index contributed by atoms with van der Waals surface area (Å²) in [5.41, 5.74) is 0.286. The highest BCUT2D eigenvalue weighted by molar-refractivity contribution is 6.31. The van der Waals surface area contributed by atoms with Gasteiger partial charge in [-0.05, 0) is 64.7 Å². The van der Waals surface area contributed by atoms with Crippen molar-refractivity contribution in [2.24, 2.45) is 0 Å². The van der Waals surface area contributed by atoms with Crippen LogP contribution in [0.1, 0.15) is 46.5 Å². The summed E-state index contributed by atoms with van der Waals surface area (Å²) in [7, 11) is 1.57. The van der Waals surface area contributed by atoms with Crippen molar-refractivity contribution in [1.82, 2.24) is 15.3 Å². The number of nitrogens with one attached hydrogen (secondary N) is 2. The molecule has 0 radical (unpaired) electrons. The van der Waals surface area contributed by atoms with Crippen LogP contribution in [-0.4, -0.2) is 40.9 Å². The van der Waals surface area contributed by atoms with Gasteiger partial charge in [-0.2, -0.15) is 0 Å². The lowest BCUT2D eigenvalue weighted by Crippen LogP contribution is -2.42. The molecule has 0 spiro atoms. The number of benzene rings is 2. The maximum absolute atomic E-state index is 14.5. The predicted molar refractivity (Wildman–Crippen MR) is 137 cm³/mol. The molecule has 2 aromatic carbocycles. The maximum atomic E-state index is 14.5. The van der Waals surface area contributed by atoms with Crippen molar-refractivity contribution < 1.29 is 23.4 Å². The molecule has 192 valence electrons. The zero-order valence-corrected chi connectivity index (χ0v) is 21.5. The number of alkyl carbamates (subject to hydrolysis) is 1. The van der Waals surface area contributed by atoms with Crippen LogP contribution in [0.15, 0.2) is 36.7 Å². The van der Waals surface area contributed by atoms with E-state index in [0.29, 0.717) is 28.2 Å². The van der Waals surface area contributed by atoms with E-state index in [1.54, 1.807) is 31.4 Å². The van der Waals surface area contributed by atoms with Gasteiger partial charge in [-0.1, -0.05) is 17.7 Å². The van der Waals surface area contributed by atoms with Crippen LogP contribution < -0.4 is 20.1 Å². The molecule has 1 aliphatic rings. The third kappa shape index (κ3) is 6.26. The number of carbonyl (C=O) groups excluding carboxylic acids is 1. The fourth-order valence-corrected chi connectivity index (χ4v) is 4.30. The molecule has 36 heavy (non-hydrogen) atoms. The molecule has 1 saturated carbocycles. The smallest absolute Gasteiger partial charge is 0.407 e. The molecule has 2 N–H and O–H groups in total. The first-order valence-corrected chi connectivity index (χ1v) is 12.2. The minimum Gasteiger partial charge on any atom is -0.493 e. The molecule has 1 fully saturated rings. The average molecular weight is 517 g/mol. The van der Waals surface area contributed by atoms with Crippen LogP contribution in [0.3, 0.4) is 0 Å². The van der Waals surface area contributed by atoms with Gasteiger partial charge in [0.05, 0.1) is 29.4 Å². The van der Waals surface area contributed by atoms with Gasteiger partial charge < -0.3 is 24.8 Å². The Kier molecular flexibility index (Phi) is 7.68. The number of ether oxygens (including phenoxy) is 3. The standard InChI is InChI=1S/C26H30ClFN4O4/c1-26(2,3)36-25(33)31-15-8-10-16(11-9-15)35-22-12-17-20(13-21(22)34-4)29-14-30-24(17)32-19-7-5-6-18(27)23(19)28/h5-7,12-16H,8-11H2,1-4H3,(H,31,33)(H,29,30,32)/t15-,16-. The van der Waals surface area contributed by atoms with E-state index in [1.165, 1.54) is 12.4 Å². The van der Waals surface area contributed by atoms with Crippen LogP contribution in [0.2, 0.25) is 5.02 Å². The number of hydrogen-bond donors (Lipinski definition) is 2. The molecule has 0 atom stereocenters. The van der Waals surface area contributed by atoms with Gasteiger partial charge in [-0.25, -0.2) is 19.2 Å². The quantitative estimate of drug-likeness (QED) is 0.392. The van der Waals surface area contributed by atoms with Crippen LogP contribution in [0.4, 0.5) is 20.7 Å². The number of anilines is 2. The molecule has 1 heterocycles. The normalized spacial score (nSPS) is 17.9. The van der Waals surface area contributed by atoms with Crippen molar-refractivity contribution in [3.63, 3.8) is 0 Å². The Morgan fingerprint density at radius 3 is 2.56 bits per heavy atom. The van der Waals surface area contributed by atoms with Gasteiger partial charge in [0.15, 0.2) is 17.3 Å². The summed E-state index contributed by atoms with van der Waals surface area (Å²) in [5.74, 6) is 0.930. The highest BCUT2D eigenvalue weighted by Gasteiger charge is 2.26. The van der Waals surface area contributed by atoms with Gasteiger partial charge in [0.2, 0.25) is 0 Å². The first kappa shape index (κ1) is 25.8. The fourth-order valence-electron chi connectivity index (χ4n) is 4.12. The van der Waals surface area contributed by atoms with Gasteiger partial charge in [-0.3, -0.25) is 0 Å². The van der Waals surface area contributed by atoms with Crippen LogP contribution in [0.5, 0.6) is 11.5 Å². The number of carbonyl (C=O) groups is 1. The van der Waals surface area contributed by atoms with Gasteiger partial charge in [-0.15, -0.1) is 0 Å². The van der Waals surface area contributed by atoms with E-state index >= 15 is 0 Å². The maximum Gasteiger partial charge on any atom is 0.407 e. The number of methoxy groups -OCH3 is 1. The molecule has 8 nitrogen and oxygen atoms in total. The fraction of sp³-hybridized carbons (Fsp3) is 0.423. The summed E-state index contributed by atoms with van der Waals surface area (Å²) in [6.07, 6.45) is 3.98.